The summed E-state index contributed by atoms with van der Waals surface area (Å²) in [5.41, 5.74) is 6.56. The van der Waals surface area contributed by atoms with E-state index in [1.54, 1.807) is 12.3 Å². The number of terminal acetylenes is 1. The zero-order valence-electron chi connectivity index (χ0n) is 10.3. The summed E-state index contributed by atoms with van der Waals surface area (Å²) in [6, 6.07) is 3.66. The van der Waals surface area contributed by atoms with Crippen molar-refractivity contribution in [2.45, 2.75) is 19.4 Å². The van der Waals surface area contributed by atoms with E-state index in [1.165, 1.54) is 0 Å². The summed E-state index contributed by atoms with van der Waals surface area (Å²) in [6.45, 7) is 2.05. The fourth-order valence-electron chi connectivity index (χ4n) is 1.30. The minimum atomic E-state index is -0.257. The Bertz CT molecular complexity index is 421. The van der Waals surface area contributed by atoms with Crippen LogP contribution in [0.2, 0.25) is 0 Å². The molecular weight excluding hydrogens is 230 g/mol. The number of nitrogens with zero attached hydrogens (tertiary/aromatic N) is 1. The minimum absolute atomic E-state index is 0.0683. The Morgan fingerprint density at radius 3 is 3.00 bits per heavy atom. The zero-order chi connectivity index (χ0) is 13.4. The van der Waals surface area contributed by atoms with Gasteiger partial charge in [-0.1, -0.05) is 5.92 Å². The fraction of sp³-hybridized carbons (Fsp3) is 0.385. The van der Waals surface area contributed by atoms with Crippen LogP contribution in [0.5, 0.6) is 5.75 Å². The number of ether oxygens (including phenoxy) is 1. The predicted molar refractivity (Wildman–Crippen MR) is 68.9 cm³/mol. The summed E-state index contributed by atoms with van der Waals surface area (Å²) in [5, 5.41) is 2.50. The predicted octanol–water partition coefficient (Wildman–Crippen LogP) is 0.0995. The lowest BCUT2D eigenvalue weighted by molar-refractivity contribution is -0.122. The lowest BCUT2D eigenvalue weighted by Crippen LogP contribution is -2.29. The van der Waals surface area contributed by atoms with Crippen LogP contribution in [0.15, 0.2) is 18.3 Å². The molecule has 0 saturated carbocycles. The summed E-state index contributed by atoms with van der Waals surface area (Å²) < 4.78 is 5.25. The Labute approximate surface area is 107 Å². The van der Waals surface area contributed by atoms with Gasteiger partial charge < -0.3 is 15.8 Å². The molecule has 0 bridgehead atoms. The van der Waals surface area contributed by atoms with Crippen LogP contribution in [0.4, 0.5) is 0 Å². The summed E-state index contributed by atoms with van der Waals surface area (Å²) >= 11 is 0. The first kappa shape index (κ1) is 14.0. The first-order valence-electron chi connectivity index (χ1n) is 5.65. The van der Waals surface area contributed by atoms with Crippen molar-refractivity contribution in [1.29, 1.82) is 0 Å². The molecule has 96 valence electrons. The van der Waals surface area contributed by atoms with Crippen molar-refractivity contribution in [3.05, 3.63) is 24.0 Å². The highest BCUT2D eigenvalue weighted by Crippen LogP contribution is 2.09. The van der Waals surface area contributed by atoms with E-state index in [-0.39, 0.29) is 25.1 Å². The van der Waals surface area contributed by atoms with Crippen molar-refractivity contribution >= 4 is 5.91 Å². The molecule has 18 heavy (non-hydrogen) atoms. The fourth-order valence-corrected chi connectivity index (χ4v) is 1.30. The lowest BCUT2D eigenvalue weighted by atomic mass is 10.2. The lowest BCUT2D eigenvalue weighted by Gasteiger charge is -2.07. The van der Waals surface area contributed by atoms with E-state index in [0.717, 1.165) is 5.69 Å². The molecule has 5 heteroatoms. The van der Waals surface area contributed by atoms with Gasteiger partial charge in [0, 0.05) is 18.2 Å². The van der Waals surface area contributed by atoms with Gasteiger partial charge in [-0.05, 0) is 19.1 Å². The second-order valence-corrected chi connectivity index (χ2v) is 3.94. The number of pyridine rings is 1. The van der Waals surface area contributed by atoms with Gasteiger partial charge in [0.2, 0.25) is 0 Å². The van der Waals surface area contributed by atoms with E-state index >= 15 is 0 Å². The molecule has 0 fully saturated rings. The standard InChI is InChI=1S/C13H17N3O2/c1-3-6-15-13(17)9-18-12-5-4-11(16-8-12)7-10(2)14/h1,4-5,8,10H,6-7,9,14H2,2H3,(H,15,17). The number of aromatic nitrogens is 1. The summed E-state index contributed by atoms with van der Waals surface area (Å²) in [4.78, 5) is 15.4. The summed E-state index contributed by atoms with van der Waals surface area (Å²) in [5.74, 6) is 2.59. The van der Waals surface area contributed by atoms with Crippen LogP contribution in [0, 0.1) is 12.3 Å². The average Bonchev–Trinajstić information content (AvgIpc) is 2.35. The number of amides is 1. The molecule has 0 spiro atoms. The van der Waals surface area contributed by atoms with E-state index in [4.69, 9.17) is 16.9 Å². The van der Waals surface area contributed by atoms with E-state index in [9.17, 15) is 4.79 Å². The number of rotatable bonds is 6. The van der Waals surface area contributed by atoms with E-state index in [1.807, 2.05) is 13.0 Å². The highest BCUT2D eigenvalue weighted by molar-refractivity contribution is 5.77. The SMILES string of the molecule is C#CCNC(=O)COc1ccc(CC(C)N)nc1. The molecule has 1 atom stereocenters. The molecule has 1 aromatic heterocycles. The van der Waals surface area contributed by atoms with Crippen LogP contribution in [-0.4, -0.2) is 30.1 Å². The van der Waals surface area contributed by atoms with Crippen LogP contribution in [0.25, 0.3) is 0 Å². The Hall–Kier alpha value is -2.06. The third-order valence-electron chi connectivity index (χ3n) is 2.09. The molecule has 1 unspecified atom stereocenters. The van der Waals surface area contributed by atoms with Crippen molar-refractivity contribution in [3.63, 3.8) is 0 Å². The van der Waals surface area contributed by atoms with Gasteiger partial charge in [0.1, 0.15) is 5.75 Å². The first-order valence-corrected chi connectivity index (χ1v) is 5.65. The highest BCUT2D eigenvalue weighted by atomic mass is 16.5. The Morgan fingerprint density at radius 1 is 1.67 bits per heavy atom. The number of hydrogen-bond donors (Lipinski definition) is 2. The van der Waals surface area contributed by atoms with Gasteiger partial charge in [0.05, 0.1) is 12.7 Å². The van der Waals surface area contributed by atoms with Gasteiger partial charge in [-0.3, -0.25) is 9.78 Å². The van der Waals surface area contributed by atoms with E-state index < -0.39 is 0 Å². The maximum absolute atomic E-state index is 11.2. The molecule has 3 N–H and O–H groups in total. The second kappa shape index (κ2) is 7.30. The number of hydrogen-bond acceptors (Lipinski definition) is 4. The number of nitrogens with one attached hydrogen (secondary N) is 1. The molecule has 0 aliphatic heterocycles. The normalized spacial score (nSPS) is 11.4. The smallest absolute Gasteiger partial charge is 0.258 e. The highest BCUT2D eigenvalue weighted by Gasteiger charge is 2.03. The molecule has 0 saturated heterocycles. The molecule has 5 nitrogen and oxygen atoms in total. The van der Waals surface area contributed by atoms with Crippen molar-refractivity contribution in [2.24, 2.45) is 5.73 Å². The summed E-state index contributed by atoms with van der Waals surface area (Å²) in [6.07, 6.45) is 7.30. The molecular formula is C13H17N3O2. The molecule has 1 amide bonds. The first-order chi connectivity index (χ1) is 8.61. The van der Waals surface area contributed by atoms with E-state index in [0.29, 0.717) is 12.2 Å². The third kappa shape index (κ3) is 5.32. The Balaban J connectivity index is 2.39. The van der Waals surface area contributed by atoms with Crippen LogP contribution in [-0.2, 0) is 11.2 Å². The zero-order valence-corrected chi connectivity index (χ0v) is 10.3. The van der Waals surface area contributed by atoms with Crippen LogP contribution in [0.3, 0.4) is 0 Å². The number of carbonyl (C=O) groups is 1. The molecule has 0 radical (unpaired) electrons. The quantitative estimate of drug-likeness (QED) is 0.699. The van der Waals surface area contributed by atoms with Gasteiger partial charge in [0.25, 0.3) is 5.91 Å². The Morgan fingerprint density at radius 2 is 2.44 bits per heavy atom. The van der Waals surface area contributed by atoms with Crippen molar-refractivity contribution in [3.8, 4) is 18.1 Å². The molecule has 1 heterocycles. The van der Waals surface area contributed by atoms with Crippen LogP contribution < -0.4 is 15.8 Å². The van der Waals surface area contributed by atoms with Crippen LogP contribution >= 0.6 is 0 Å². The van der Waals surface area contributed by atoms with Gasteiger partial charge in [-0.25, -0.2) is 0 Å². The largest absolute Gasteiger partial charge is 0.482 e. The third-order valence-corrected chi connectivity index (χ3v) is 2.09. The van der Waals surface area contributed by atoms with Crippen molar-refractivity contribution < 1.29 is 9.53 Å². The molecule has 0 aliphatic carbocycles. The van der Waals surface area contributed by atoms with E-state index in [2.05, 4.69) is 16.2 Å². The topological polar surface area (TPSA) is 77.2 Å². The van der Waals surface area contributed by atoms with Crippen LogP contribution in [0.1, 0.15) is 12.6 Å². The molecule has 0 aliphatic rings. The average molecular weight is 247 g/mol. The summed E-state index contributed by atoms with van der Waals surface area (Å²) in [7, 11) is 0. The van der Waals surface area contributed by atoms with Gasteiger partial charge in [-0.15, -0.1) is 6.42 Å². The number of carbonyl (C=O) groups excluding carboxylic acids is 1. The minimum Gasteiger partial charge on any atom is -0.482 e. The molecule has 0 aromatic carbocycles. The Kier molecular flexibility index (Phi) is 5.68. The molecule has 1 aromatic rings. The maximum Gasteiger partial charge on any atom is 0.258 e. The van der Waals surface area contributed by atoms with Gasteiger partial charge >= 0.3 is 0 Å². The second-order valence-electron chi connectivity index (χ2n) is 3.94. The monoisotopic (exact) mass is 247 g/mol. The van der Waals surface area contributed by atoms with Crippen molar-refractivity contribution in [2.75, 3.05) is 13.2 Å². The van der Waals surface area contributed by atoms with Gasteiger partial charge in [0.15, 0.2) is 6.61 Å². The number of nitrogens with two attached hydrogens (primary N) is 1. The van der Waals surface area contributed by atoms with Crippen molar-refractivity contribution in [1.82, 2.24) is 10.3 Å². The maximum atomic E-state index is 11.2. The molecule has 1 rings (SSSR count). The van der Waals surface area contributed by atoms with Gasteiger partial charge in [-0.2, -0.15) is 0 Å².